The summed E-state index contributed by atoms with van der Waals surface area (Å²) in [5, 5.41) is 13.6. The first kappa shape index (κ1) is 20.2. The number of benzene rings is 2. The number of methoxy groups -OCH3 is 2. The number of pyridine rings is 1. The Kier molecular flexibility index (Phi) is 6.30. The number of para-hydroxylation sites is 1. The summed E-state index contributed by atoms with van der Waals surface area (Å²) in [7, 11) is 3.10. The number of aryl methyl sites for hydroxylation is 1. The number of hydrogen-bond donors (Lipinski definition) is 1. The monoisotopic (exact) mass is 389 g/mol. The van der Waals surface area contributed by atoms with Crippen molar-refractivity contribution >= 4 is 22.5 Å². The van der Waals surface area contributed by atoms with Crippen LogP contribution in [0.5, 0.6) is 11.5 Å². The van der Waals surface area contributed by atoms with Crippen LogP contribution in [0.4, 0.5) is 5.82 Å². The molecule has 0 aliphatic carbocycles. The lowest BCUT2D eigenvalue weighted by Crippen LogP contribution is -2.08. The third-order valence-corrected chi connectivity index (χ3v) is 4.75. The molecule has 148 valence electrons. The van der Waals surface area contributed by atoms with Gasteiger partial charge in [0.05, 0.1) is 25.3 Å². The fourth-order valence-electron chi connectivity index (χ4n) is 3.18. The molecule has 1 heterocycles. The van der Waals surface area contributed by atoms with E-state index in [2.05, 4.69) is 16.4 Å². The predicted octanol–water partition coefficient (Wildman–Crippen LogP) is 4.51. The molecule has 0 bridgehead atoms. The van der Waals surface area contributed by atoms with Gasteiger partial charge in [0.2, 0.25) is 0 Å². The van der Waals surface area contributed by atoms with Crippen LogP contribution < -0.4 is 14.8 Å². The van der Waals surface area contributed by atoms with Crippen molar-refractivity contribution < 1.29 is 14.3 Å². The number of ketones is 1. The topological polar surface area (TPSA) is 84.2 Å². The van der Waals surface area contributed by atoms with E-state index in [0.717, 1.165) is 16.5 Å². The van der Waals surface area contributed by atoms with Crippen molar-refractivity contribution in [1.29, 1.82) is 5.26 Å². The molecule has 0 fully saturated rings. The molecule has 1 aromatic heterocycles. The normalized spacial score (nSPS) is 10.4. The number of aromatic nitrogens is 1. The molecule has 6 nitrogen and oxygen atoms in total. The van der Waals surface area contributed by atoms with Crippen molar-refractivity contribution in [2.75, 3.05) is 26.1 Å². The largest absolute Gasteiger partial charge is 0.493 e. The molecule has 29 heavy (non-hydrogen) atoms. The van der Waals surface area contributed by atoms with Gasteiger partial charge < -0.3 is 14.8 Å². The predicted molar refractivity (Wildman–Crippen MR) is 113 cm³/mol. The molecule has 2 aromatic carbocycles. The molecule has 0 saturated carbocycles. The van der Waals surface area contributed by atoms with E-state index in [1.165, 1.54) is 0 Å². The lowest BCUT2D eigenvalue weighted by Gasteiger charge is -2.11. The van der Waals surface area contributed by atoms with Crippen molar-refractivity contribution in [2.24, 2.45) is 0 Å². The molecule has 0 amide bonds. The molecule has 3 aromatic rings. The summed E-state index contributed by atoms with van der Waals surface area (Å²) in [4.78, 5) is 17.1. The molecule has 0 saturated heterocycles. The third kappa shape index (κ3) is 4.46. The zero-order chi connectivity index (χ0) is 20.8. The van der Waals surface area contributed by atoms with E-state index >= 15 is 0 Å². The fraction of sp³-hybridized carbons (Fsp3) is 0.261. The summed E-state index contributed by atoms with van der Waals surface area (Å²) < 4.78 is 10.5. The van der Waals surface area contributed by atoms with Crippen LogP contribution in [-0.4, -0.2) is 31.5 Å². The van der Waals surface area contributed by atoms with E-state index in [9.17, 15) is 10.1 Å². The van der Waals surface area contributed by atoms with Crippen molar-refractivity contribution in [3.8, 4) is 17.6 Å². The minimum atomic E-state index is 0.0237. The van der Waals surface area contributed by atoms with Gasteiger partial charge in [-0.2, -0.15) is 5.26 Å². The molecule has 0 atom stereocenters. The van der Waals surface area contributed by atoms with Crippen LogP contribution in [-0.2, 0) is 0 Å². The van der Waals surface area contributed by atoms with Crippen LogP contribution in [0.25, 0.3) is 10.9 Å². The highest BCUT2D eigenvalue weighted by molar-refractivity contribution is 5.96. The second kappa shape index (κ2) is 9.07. The van der Waals surface area contributed by atoms with E-state index in [0.29, 0.717) is 47.8 Å². The molecule has 0 aliphatic heterocycles. The second-order valence-corrected chi connectivity index (χ2v) is 6.67. The molecule has 0 radical (unpaired) electrons. The highest BCUT2D eigenvalue weighted by Gasteiger charge is 2.12. The zero-order valence-electron chi connectivity index (χ0n) is 16.8. The molecule has 6 heteroatoms. The van der Waals surface area contributed by atoms with Crippen LogP contribution in [0, 0.1) is 18.3 Å². The van der Waals surface area contributed by atoms with E-state index in [1.54, 1.807) is 32.4 Å². The second-order valence-electron chi connectivity index (χ2n) is 6.67. The van der Waals surface area contributed by atoms with Gasteiger partial charge in [0.25, 0.3) is 0 Å². The number of rotatable bonds is 8. The number of Topliss-reactive ketones (excluding diaryl/α,β-unsaturated/α-hetero) is 1. The number of nitrogens with zero attached hydrogens (tertiary/aromatic N) is 2. The van der Waals surface area contributed by atoms with E-state index in [-0.39, 0.29) is 5.78 Å². The summed E-state index contributed by atoms with van der Waals surface area (Å²) in [5.41, 5.74) is 3.00. The number of carbonyl (C=O) groups is 1. The van der Waals surface area contributed by atoms with Crippen molar-refractivity contribution in [1.82, 2.24) is 4.98 Å². The molecule has 0 aliphatic rings. The third-order valence-electron chi connectivity index (χ3n) is 4.75. The highest BCUT2D eigenvalue weighted by Crippen LogP contribution is 2.28. The number of anilines is 1. The SMILES string of the molecule is COc1ccc(C(=O)CCCNc2nc3c(C)cccc3cc2C#N)cc1OC. The van der Waals surface area contributed by atoms with E-state index in [1.807, 2.05) is 31.2 Å². The lowest BCUT2D eigenvalue weighted by atomic mass is 10.1. The summed E-state index contributed by atoms with van der Waals surface area (Å²) in [6.07, 6.45) is 0.989. The van der Waals surface area contributed by atoms with Crippen molar-refractivity contribution in [3.63, 3.8) is 0 Å². The van der Waals surface area contributed by atoms with Gasteiger partial charge in [-0.25, -0.2) is 4.98 Å². The van der Waals surface area contributed by atoms with Gasteiger partial charge in [-0.05, 0) is 43.2 Å². The molecule has 1 N–H and O–H groups in total. The number of nitrogens with one attached hydrogen (secondary N) is 1. The molecule has 3 rings (SSSR count). The Labute approximate surface area is 170 Å². The average molecular weight is 389 g/mol. The molecular formula is C23H23N3O3. The van der Waals surface area contributed by atoms with E-state index < -0.39 is 0 Å². The number of fused-ring (bicyclic) bond motifs is 1. The maximum Gasteiger partial charge on any atom is 0.163 e. The Bertz CT molecular complexity index is 1090. The molecule has 0 unspecified atom stereocenters. The Balaban J connectivity index is 1.64. The van der Waals surface area contributed by atoms with Crippen LogP contribution in [0.1, 0.15) is 34.3 Å². The Morgan fingerprint density at radius 3 is 2.66 bits per heavy atom. The first-order valence-corrected chi connectivity index (χ1v) is 9.37. The number of nitriles is 1. The Morgan fingerprint density at radius 1 is 1.14 bits per heavy atom. The summed E-state index contributed by atoms with van der Waals surface area (Å²) in [6, 6.07) is 15.1. The van der Waals surface area contributed by atoms with Crippen LogP contribution >= 0.6 is 0 Å². The van der Waals surface area contributed by atoms with Crippen LogP contribution in [0.2, 0.25) is 0 Å². The quantitative estimate of drug-likeness (QED) is 0.451. The minimum absolute atomic E-state index is 0.0237. The summed E-state index contributed by atoms with van der Waals surface area (Å²) in [5.74, 6) is 1.70. The van der Waals surface area contributed by atoms with Gasteiger partial charge in [-0.3, -0.25) is 4.79 Å². The zero-order valence-corrected chi connectivity index (χ0v) is 16.8. The summed E-state index contributed by atoms with van der Waals surface area (Å²) >= 11 is 0. The Hall–Kier alpha value is -3.59. The number of hydrogen-bond acceptors (Lipinski definition) is 6. The first-order valence-electron chi connectivity index (χ1n) is 9.37. The maximum atomic E-state index is 12.5. The van der Waals surface area contributed by atoms with Gasteiger partial charge in [0.15, 0.2) is 17.3 Å². The van der Waals surface area contributed by atoms with Gasteiger partial charge in [-0.1, -0.05) is 18.2 Å². The van der Waals surface area contributed by atoms with Crippen LogP contribution in [0.15, 0.2) is 42.5 Å². The first-order chi connectivity index (χ1) is 14.1. The van der Waals surface area contributed by atoms with Gasteiger partial charge in [-0.15, -0.1) is 0 Å². The van der Waals surface area contributed by atoms with Gasteiger partial charge in [0.1, 0.15) is 11.9 Å². The average Bonchev–Trinajstić information content (AvgIpc) is 2.75. The van der Waals surface area contributed by atoms with Gasteiger partial charge >= 0.3 is 0 Å². The fourth-order valence-corrected chi connectivity index (χ4v) is 3.18. The molecule has 0 spiro atoms. The number of carbonyl (C=O) groups excluding carboxylic acids is 1. The Morgan fingerprint density at radius 2 is 1.93 bits per heavy atom. The highest BCUT2D eigenvalue weighted by atomic mass is 16.5. The number of ether oxygens (including phenoxy) is 2. The lowest BCUT2D eigenvalue weighted by molar-refractivity contribution is 0.0980. The standard InChI is InChI=1S/C23H23N3O3/c1-15-6-4-7-17-12-18(14-24)23(26-22(15)17)25-11-5-8-19(27)16-9-10-20(28-2)21(13-16)29-3/h4,6-7,9-10,12-13H,5,8,11H2,1-3H3,(H,25,26). The maximum absolute atomic E-state index is 12.5. The van der Waals surface area contributed by atoms with Crippen molar-refractivity contribution in [2.45, 2.75) is 19.8 Å². The smallest absolute Gasteiger partial charge is 0.163 e. The van der Waals surface area contributed by atoms with Crippen LogP contribution in [0.3, 0.4) is 0 Å². The van der Waals surface area contributed by atoms with Gasteiger partial charge in [0, 0.05) is 23.9 Å². The molecular weight excluding hydrogens is 366 g/mol. The van der Waals surface area contributed by atoms with E-state index in [4.69, 9.17) is 9.47 Å². The minimum Gasteiger partial charge on any atom is -0.493 e. The summed E-state index contributed by atoms with van der Waals surface area (Å²) in [6.45, 7) is 2.53. The van der Waals surface area contributed by atoms with Crippen molar-refractivity contribution in [3.05, 3.63) is 59.2 Å².